The molecular weight excluding hydrogens is 396 g/mol. The Labute approximate surface area is 194 Å². The number of hydrogen-bond donors (Lipinski definition) is 0. The fourth-order valence-corrected chi connectivity index (χ4v) is 4.02. The molecule has 1 aromatic carbocycles. The van der Waals surface area contributed by atoms with Crippen LogP contribution in [0.5, 0.6) is 0 Å². The van der Waals surface area contributed by atoms with Crippen LogP contribution in [-0.2, 0) is 23.3 Å². The molecule has 0 atom stereocenters. The lowest BCUT2D eigenvalue weighted by atomic mass is 9.80. The number of aryl methyl sites for hydroxylation is 1. The summed E-state index contributed by atoms with van der Waals surface area (Å²) in [7, 11) is 1.87. The van der Waals surface area contributed by atoms with Crippen molar-refractivity contribution in [3.8, 4) is 0 Å². The van der Waals surface area contributed by atoms with Gasteiger partial charge in [0, 0.05) is 44.3 Å². The first-order valence-electron chi connectivity index (χ1n) is 11.8. The fourth-order valence-electron chi connectivity index (χ4n) is 4.02. The van der Waals surface area contributed by atoms with Gasteiger partial charge in [-0.1, -0.05) is 68.4 Å². The van der Waals surface area contributed by atoms with Crippen molar-refractivity contribution >= 4 is 11.6 Å². The van der Waals surface area contributed by atoms with Gasteiger partial charge >= 0.3 is 0 Å². The number of rotatable bonds is 2. The van der Waals surface area contributed by atoms with Crippen LogP contribution < -0.4 is 4.90 Å². The number of carbonyl (C=O) groups excluding carboxylic acids is 1. The summed E-state index contributed by atoms with van der Waals surface area (Å²) in [6.45, 7) is 23.1. The summed E-state index contributed by atoms with van der Waals surface area (Å²) in [6, 6.07) is 8.99. The number of aromatic nitrogens is 2. The van der Waals surface area contributed by atoms with Crippen molar-refractivity contribution in [1.29, 1.82) is 0 Å². The van der Waals surface area contributed by atoms with Gasteiger partial charge in [0.15, 0.2) is 0 Å². The molecule has 2 heterocycles. The average molecular weight is 439 g/mol. The van der Waals surface area contributed by atoms with E-state index < -0.39 is 0 Å². The van der Waals surface area contributed by atoms with Gasteiger partial charge in [-0.05, 0) is 40.2 Å². The molecule has 1 fully saturated rings. The van der Waals surface area contributed by atoms with Crippen LogP contribution in [0.4, 0.5) is 5.69 Å². The maximum absolute atomic E-state index is 13.2. The van der Waals surface area contributed by atoms with Crippen molar-refractivity contribution in [2.75, 3.05) is 31.1 Å². The van der Waals surface area contributed by atoms with Crippen LogP contribution in [0.15, 0.2) is 24.3 Å². The molecule has 1 saturated heterocycles. The SMILES string of the molecule is Cn1nc(C(C)(C)C)cc1C(=O)N1CCN(c2cc(C(C)(C)C)cc(C(C)(C)C)c2)CC1. The third kappa shape index (κ3) is 5.19. The summed E-state index contributed by atoms with van der Waals surface area (Å²) >= 11 is 0. The molecule has 0 bridgehead atoms. The van der Waals surface area contributed by atoms with Gasteiger partial charge in [0.2, 0.25) is 0 Å². The molecule has 1 aliphatic rings. The number of carbonyl (C=O) groups is 1. The summed E-state index contributed by atoms with van der Waals surface area (Å²) in [5.74, 6) is 0.0778. The Balaban J connectivity index is 1.79. The Morgan fingerprint density at radius 1 is 0.750 bits per heavy atom. The minimum Gasteiger partial charge on any atom is -0.368 e. The van der Waals surface area contributed by atoms with Crippen molar-refractivity contribution in [2.45, 2.75) is 78.6 Å². The lowest BCUT2D eigenvalue weighted by Gasteiger charge is -2.37. The largest absolute Gasteiger partial charge is 0.368 e. The Hall–Kier alpha value is -2.30. The van der Waals surface area contributed by atoms with Gasteiger partial charge in [0.25, 0.3) is 5.91 Å². The van der Waals surface area contributed by atoms with Gasteiger partial charge in [0.05, 0.1) is 5.69 Å². The van der Waals surface area contributed by atoms with E-state index in [1.165, 1.54) is 16.8 Å². The van der Waals surface area contributed by atoms with Crippen LogP contribution in [-0.4, -0.2) is 46.8 Å². The summed E-state index contributed by atoms with van der Waals surface area (Å²) in [4.78, 5) is 17.6. The number of anilines is 1. The predicted octanol–water partition coefficient (Wildman–Crippen LogP) is 5.28. The van der Waals surface area contributed by atoms with Gasteiger partial charge in [-0.2, -0.15) is 5.10 Å². The normalized spacial score (nSPS) is 15.9. The van der Waals surface area contributed by atoms with Crippen LogP contribution in [0.1, 0.15) is 89.6 Å². The van der Waals surface area contributed by atoms with Crippen molar-refractivity contribution in [3.63, 3.8) is 0 Å². The van der Waals surface area contributed by atoms with Crippen LogP contribution >= 0.6 is 0 Å². The summed E-state index contributed by atoms with van der Waals surface area (Å²) in [5.41, 5.74) is 5.74. The molecule has 32 heavy (non-hydrogen) atoms. The van der Waals surface area contributed by atoms with E-state index in [1.807, 2.05) is 18.0 Å². The van der Waals surface area contributed by atoms with Gasteiger partial charge in [-0.15, -0.1) is 0 Å². The van der Waals surface area contributed by atoms with E-state index in [0.29, 0.717) is 5.69 Å². The summed E-state index contributed by atoms with van der Waals surface area (Å²) in [6.07, 6.45) is 0. The first kappa shape index (κ1) is 24.3. The first-order valence-corrected chi connectivity index (χ1v) is 11.8. The second kappa shape index (κ2) is 8.24. The van der Waals surface area contributed by atoms with Crippen LogP contribution in [0.2, 0.25) is 0 Å². The Morgan fingerprint density at radius 3 is 1.66 bits per heavy atom. The second-order valence-electron chi connectivity index (χ2n) is 12.3. The van der Waals surface area contributed by atoms with E-state index in [0.717, 1.165) is 31.9 Å². The molecule has 5 heteroatoms. The number of hydrogen-bond acceptors (Lipinski definition) is 3. The van der Waals surface area contributed by atoms with Crippen molar-refractivity contribution in [3.05, 3.63) is 46.8 Å². The van der Waals surface area contributed by atoms with E-state index in [-0.39, 0.29) is 22.2 Å². The topological polar surface area (TPSA) is 41.4 Å². The average Bonchev–Trinajstić information content (AvgIpc) is 3.08. The molecule has 176 valence electrons. The highest BCUT2D eigenvalue weighted by molar-refractivity contribution is 5.93. The molecule has 0 aliphatic carbocycles. The van der Waals surface area contributed by atoms with Gasteiger partial charge in [0.1, 0.15) is 5.69 Å². The number of amides is 1. The van der Waals surface area contributed by atoms with Crippen LogP contribution in [0.25, 0.3) is 0 Å². The molecule has 1 amide bonds. The zero-order valence-corrected chi connectivity index (χ0v) is 21.8. The van der Waals surface area contributed by atoms with Crippen LogP contribution in [0.3, 0.4) is 0 Å². The number of piperazine rings is 1. The first-order chi connectivity index (χ1) is 14.6. The van der Waals surface area contributed by atoms with Gasteiger partial charge in [-0.25, -0.2) is 0 Å². The second-order valence-corrected chi connectivity index (χ2v) is 12.3. The predicted molar refractivity (Wildman–Crippen MR) is 134 cm³/mol. The number of nitrogens with zero attached hydrogens (tertiary/aromatic N) is 4. The van der Waals surface area contributed by atoms with E-state index in [9.17, 15) is 4.79 Å². The molecule has 3 rings (SSSR count). The zero-order valence-electron chi connectivity index (χ0n) is 21.8. The highest BCUT2D eigenvalue weighted by Gasteiger charge is 2.28. The lowest BCUT2D eigenvalue weighted by Crippen LogP contribution is -2.49. The molecule has 1 aliphatic heterocycles. The molecular formula is C27H42N4O. The Bertz CT molecular complexity index is 942. The lowest BCUT2D eigenvalue weighted by molar-refractivity contribution is 0.0735. The van der Waals surface area contributed by atoms with Crippen molar-refractivity contribution in [1.82, 2.24) is 14.7 Å². The molecule has 0 radical (unpaired) electrons. The van der Waals surface area contributed by atoms with E-state index in [2.05, 4.69) is 90.5 Å². The zero-order chi connectivity index (χ0) is 24.1. The molecule has 0 unspecified atom stereocenters. The molecule has 2 aromatic rings. The van der Waals surface area contributed by atoms with Crippen molar-refractivity contribution in [2.24, 2.45) is 7.05 Å². The molecule has 0 saturated carbocycles. The highest BCUT2D eigenvalue weighted by Crippen LogP contribution is 2.34. The minimum atomic E-state index is -0.0716. The Kier molecular flexibility index (Phi) is 6.27. The van der Waals surface area contributed by atoms with E-state index in [1.54, 1.807) is 4.68 Å². The third-order valence-electron chi connectivity index (χ3n) is 6.45. The molecule has 0 spiro atoms. The van der Waals surface area contributed by atoms with Crippen LogP contribution in [0, 0.1) is 0 Å². The maximum atomic E-state index is 13.2. The molecule has 1 aromatic heterocycles. The quantitative estimate of drug-likeness (QED) is 0.641. The smallest absolute Gasteiger partial charge is 0.272 e. The third-order valence-corrected chi connectivity index (χ3v) is 6.45. The standard InChI is InChI=1S/C27H42N4O/c1-25(2,3)19-15-20(26(4,5)6)17-21(16-19)30-11-13-31(14-12-30)24(32)22-18-23(27(7,8)9)28-29(22)10/h15-18H,11-14H2,1-10H3. The maximum Gasteiger partial charge on any atom is 0.272 e. The van der Waals surface area contributed by atoms with Crippen molar-refractivity contribution < 1.29 is 4.79 Å². The highest BCUT2D eigenvalue weighted by atomic mass is 16.2. The molecule has 5 nitrogen and oxygen atoms in total. The summed E-state index contributed by atoms with van der Waals surface area (Å²) in [5, 5.41) is 4.58. The van der Waals surface area contributed by atoms with E-state index in [4.69, 9.17) is 0 Å². The monoisotopic (exact) mass is 438 g/mol. The number of benzene rings is 1. The minimum absolute atomic E-state index is 0.0716. The molecule has 0 N–H and O–H groups in total. The van der Waals surface area contributed by atoms with Gasteiger partial charge < -0.3 is 9.80 Å². The van der Waals surface area contributed by atoms with Gasteiger partial charge in [-0.3, -0.25) is 9.48 Å². The van der Waals surface area contributed by atoms with E-state index >= 15 is 0 Å². The summed E-state index contributed by atoms with van der Waals surface area (Å²) < 4.78 is 1.73. The Morgan fingerprint density at radius 2 is 1.25 bits per heavy atom. The fraction of sp³-hybridized carbons (Fsp3) is 0.630.